The normalized spacial score (nSPS) is 15.8. The van der Waals surface area contributed by atoms with Gasteiger partial charge in [-0.05, 0) is 65.5 Å². The van der Waals surface area contributed by atoms with Crippen LogP contribution in [0, 0.1) is 19.8 Å². The SMILES string of the molecule is Cc1cc(C)cc(C(=O)NCC2CCN(C(=O)NC(C)(C)C)CC2)c1. The molecule has 0 spiro atoms. The summed E-state index contributed by atoms with van der Waals surface area (Å²) in [6, 6.07) is 5.91. The topological polar surface area (TPSA) is 61.4 Å². The van der Waals surface area contributed by atoms with Crippen molar-refractivity contribution in [2.24, 2.45) is 5.92 Å². The Morgan fingerprint density at radius 1 is 1.08 bits per heavy atom. The number of nitrogens with one attached hydrogen (secondary N) is 2. The minimum Gasteiger partial charge on any atom is -0.352 e. The predicted octanol–water partition coefficient (Wildman–Crippen LogP) is 3.25. The van der Waals surface area contributed by atoms with E-state index in [1.54, 1.807) is 0 Å². The third-order valence-electron chi connectivity index (χ3n) is 4.42. The first-order valence-corrected chi connectivity index (χ1v) is 9.07. The van der Waals surface area contributed by atoms with Crippen LogP contribution in [0.1, 0.15) is 55.1 Å². The molecule has 0 atom stereocenters. The molecule has 1 saturated heterocycles. The highest BCUT2D eigenvalue weighted by molar-refractivity contribution is 5.94. The highest BCUT2D eigenvalue weighted by Gasteiger charge is 2.25. The van der Waals surface area contributed by atoms with Gasteiger partial charge in [-0.1, -0.05) is 17.2 Å². The fourth-order valence-electron chi connectivity index (χ4n) is 3.18. The second-order valence-corrected chi connectivity index (χ2v) is 8.20. The van der Waals surface area contributed by atoms with E-state index in [-0.39, 0.29) is 17.5 Å². The van der Waals surface area contributed by atoms with Crippen LogP contribution in [0.2, 0.25) is 0 Å². The summed E-state index contributed by atoms with van der Waals surface area (Å²) in [5, 5.41) is 6.05. The minimum atomic E-state index is -0.214. The Labute approximate surface area is 151 Å². The number of rotatable bonds is 3. The van der Waals surface area contributed by atoms with Gasteiger partial charge in [-0.15, -0.1) is 0 Å². The van der Waals surface area contributed by atoms with E-state index in [4.69, 9.17) is 0 Å². The number of hydrogen-bond donors (Lipinski definition) is 2. The lowest BCUT2D eigenvalue weighted by Crippen LogP contribution is -2.51. The number of nitrogens with zero attached hydrogens (tertiary/aromatic N) is 1. The van der Waals surface area contributed by atoms with Gasteiger partial charge in [0.15, 0.2) is 0 Å². The lowest BCUT2D eigenvalue weighted by Gasteiger charge is -2.34. The van der Waals surface area contributed by atoms with Crippen LogP contribution < -0.4 is 10.6 Å². The third-order valence-corrected chi connectivity index (χ3v) is 4.42. The molecule has 138 valence electrons. The first-order valence-electron chi connectivity index (χ1n) is 9.07. The Bertz CT molecular complexity index is 606. The molecule has 2 N–H and O–H groups in total. The second kappa shape index (κ2) is 7.89. The number of amides is 3. The van der Waals surface area contributed by atoms with Crippen molar-refractivity contribution in [1.82, 2.24) is 15.5 Å². The molecule has 0 bridgehead atoms. The average molecular weight is 345 g/mol. The van der Waals surface area contributed by atoms with Gasteiger partial charge in [-0.2, -0.15) is 0 Å². The smallest absolute Gasteiger partial charge is 0.317 e. The molecule has 2 rings (SSSR count). The standard InChI is InChI=1S/C20H31N3O2/c1-14-10-15(2)12-17(11-14)18(24)21-13-16-6-8-23(9-7-16)19(25)22-20(3,4)5/h10-12,16H,6-9,13H2,1-5H3,(H,21,24)(H,22,25). The maximum Gasteiger partial charge on any atom is 0.317 e. The van der Waals surface area contributed by atoms with Crippen LogP contribution in [0.3, 0.4) is 0 Å². The van der Waals surface area contributed by atoms with Crippen molar-refractivity contribution in [2.75, 3.05) is 19.6 Å². The van der Waals surface area contributed by atoms with E-state index in [0.717, 1.165) is 42.6 Å². The summed E-state index contributed by atoms with van der Waals surface area (Å²) in [5.74, 6) is 0.410. The highest BCUT2D eigenvalue weighted by Crippen LogP contribution is 2.17. The molecule has 1 fully saturated rings. The summed E-state index contributed by atoms with van der Waals surface area (Å²) >= 11 is 0. The number of benzene rings is 1. The maximum absolute atomic E-state index is 12.3. The van der Waals surface area contributed by atoms with Crippen LogP contribution in [0.5, 0.6) is 0 Å². The van der Waals surface area contributed by atoms with Gasteiger partial charge in [0.05, 0.1) is 0 Å². The van der Waals surface area contributed by atoms with Crippen LogP contribution in [0.4, 0.5) is 4.79 Å². The number of carbonyl (C=O) groups is 2. The van der Waals surface area contributed by atoms with Gasteiger partial charge in [-0.25, -0.2) is 4.79 Å². The molecule has 5 nitrogen and oxygen atoms in total. The van der Waals surface area contributed by atoms with E-state index >= 15 is 0 Å². The van der Waals surface area contributed by atoms with Gasteiger partial charge in [0, 0.05) is 30.7 Å². The summed E-state index contributed by atoms with van der Waals surface area (Å²) < 4.78 is 0. The summed E-state index contributed by atoms with van der Waals surface area (Å²) in [6.45, 7) is 12.1. The Kier molecular flexibility index (Phi) is 6.09. The molecule has 3 amide bonds. The number of carbonyl (C=O) groups excluding carboxylic acids is 2. The van der Waals surface area contributed by atoms with Crippen molar-refractivity contribution in [1.29, 1.82) is 0 Å². The molecule has 5 heteroatoms. The molecule has 1 aromatic rings. The van der Waals surface area contributed by atoms with Gasteiger partial charge in [-0.3, -0.25) is 4.79 Å². The fraction of sp³-hybridized carbons (Fsp3) is 0.600. The Morgan fingerprint density at radius 3 is 2.16 bits per heavy atom. The van der Waals surface area contributed by atoms with Crippen molar-refractivity contribution in [3.05, 3.63) is 34.9 Å². The van der Waals surface area contributed by atoms with Crippen LogP contribution >= 0.6 is 0 Å². The first-order chi connectivity index (χ1) is 11.6. The van der Waals surface area contributed by atoms with Gasteiger partial charge < -0.3 is 15.5 Å². The second-order valence-electron chi connectivity index (χ2n) is 8.20. The zero-order valence-corrected chi connectivity index (χ0v) is 16.1. The fourth-order valence-corrected chi connectivity index (χ4v) is 3.18. The van der Waals surface area contributed by atoms with Crippen molar-refractivity contribution in [3.8, 4) is 0 Å². The monoisotopic (exact) mass is 345 g/mol. The van der Waals surface area contributed by atoms with Gasteiger partial charge >= 0.3 is 6.03 Å². The largest absolute Gasteiger partial charge is 0.352 e. The number of likely N-dealkylation sites (tertiary alicyclic amines) is 1. The molecule has 0 aromatic heterocycles. The number of hydrogen-bond acceptors (Lipinski definition) is 2. The molecule has 1 aliphatic heterocycles. The molecule has 0 aliphatic carbocycles. The lowest BCUT2D eigenvalue weighted by atomic mass is 9.96. The van der Waals surface area contributed by atoms with Crippen LogP contribution in [-0.2, 0) is 0 Å². The van der Waals surface area contributed by atoms with E-state index in [0.29, 0.717) is 12.5 Å². The van der Waals surface area contributed by atoms with Crippen molar-refractivity contribution < 1.29 is 9.59 Å². The Balaban J connectivity index is 1.78. The number of aryl methyl sites for hydroxylation is 2. The zero-order chi connectivity index (χ0) is 18.6. The molecule has 0 radical (unpaired) electrons. The first kappa shape index (κ1) is 19.3. The summed E-state index contributed by atoms with van der Waals surface area (Å²) in [4.78, 5) is 26.4. The molecule has 1 aliphatic rings. The Hall–Kier alpha value is -2.04. The molecule has 1 heterocycles. The highest BCUT2D eigenvalue weighted by atomic mass is 16.2. The number of urea groups is 1. The van der Waals surface area contributed by atoms with Crippen LogP contribution in [-0.4, -0.2) is 42.0 Å². The molecule has 25 heavy (non-hydrogen) atoms. The van der Waals surface area contributed by atoms with Crippen molar-refractivity contribution >= 4 is 11.9 Å². The summed E-state index contributed by atoms with van der Waals surface area (Å²) in [6.07, 6.45) is 1.84. The van der Waals surface area contributed by atoms with E-state index in [1.807, 2.05) is 51.7 Å². The maximum atomic E-state index is 12.3. The predicted molar refractivity (Wildman–Crippen MR) is 101 cm³/mol. The van der Waals surface area contributed by atoms with E-state index in [2.05, 4.69) is 16.7 Å². The summed E-state index contributed by atoms with van der Waals surface area (Å²) in [5.41, 5.74) is 2.71. The van der Waals surface area contributed by atoms with Crippen LogP contribution in [0.25, 0.3) is 0 Å². The molecular formula is C20H31N3O2. The average Bonchev–Trinajstić information content (AvgIpc) is 2.50. The van der Waals surface area contributed by atoms with E-state index < -0.39 is 0 Å². The zero-order valence-electron chi connectivity index (χ0n) is 16.1. The minimum absolute atomic E-state index is 0.00483. The van der Waals surface area contributed by atoms with Crippen molar-refractivity contribution in [2.45, 2.75) is 53.0 Å². The molecule has 0 saturated carbocycles. The van der Waals surface area contributed by atoms with Gasteiger partial charge in [0.1, 0.15) is 0 Å². The quantitative estimate of drug-likeness (QED) is 0.883. The van der Waals surface area contributed by atoms with Crippen LogP contribution in [0.15, 0.2) is 18.2 Å². The summed E-state index contributed by atoms with van der Waals surface area (Å²) in [7, 11) is 0. The van der Waals surface area contributed by atoms with E-state index in [1.165, 1.54) is 0 Å². The molecular weight excluding hydrogens is 314 g/mol. The van der Waals surface area contributed by atoms with Gasteiger partial charge in [0.25, 0.3) is 5.91 Å². The van der Waals surface area contributed by atoms with E-state index in [9.17, 15) is 9.59 Å². The van der Waals surface area contributed by atoms with Gasteiger partial charge in [0.2, 0.25) is 0 Å². The lowest BCUT2D eigenvalue weighted by molar-refractivity contribution is 0.0937. The Morgan fingerprint density at radius 2 is 1.64 bits per heavy atom. The molecule has 1 aromatic carbocycles. The van der Waals surface area contributed by atoms with Crippen molar-refractivity contribution in [3.63, 3.8) is 0 Å². The third kappa shape index (κ3) is 6.07. The molecule has 0 unspecified atom stereocenters. The number of piperidine rings is 1.